The van der Waals surface area contributed by atoms with Gasteiger partial charge >= 0.3 is 0 Å². The van der Waals surface area contributed by atoms with Crippen LogP contribution in [0.5, 0.6) is 0 Å². The number of thioether (sulfide) groups is 1. The van der Waals surface area contributed by atoms with E-state index in [0.717, 1.165) is 16.7 Å². The Morgan fingerprint density at radius 1 is 1.07 bits per heavy atom. The number of Topliss-reactive ketones (excluding diaryl/α,β-unsaturated/α-hetero) is 1. The molecule has 0 saturated carbocycles. The number of benzene rings is 2. The summed E-state index contributed by atoms with van der Waals surface area (Å²) >= 11 is 1.33. The van der Waals surface area contributed by atoms with E-state index in [4.69, 9.17) is 0 Å². The van der Waals surface area contributed by atoms with Gasteiger partial charge in [0.2, 0.25) is 0 Å². The molecule has 1 unspecified atom stereocenters. The summed E-state index contributed by atoms with van der Waals surface area (Å²) in [5, 5.41) is 8.52. The van der Waals surface area contributed by atoms with Crippen molar-refractivity contribution in [2.75, 3.05) is 0 Å². The van der Waals surface area contributed by atoms with E-state index in [1.54, 1.807) is 29.8 Å². The van der Waals surface area contributed by atoms with E-state index >= 15 is 0 Å². The quantitative estimate of drug-likeness (QED) is 0.464. The third-order valence-electron chi connectivity index (χ3n) is 4.71. The molecule has 6 heteroatoms. The summed E-state index contributed by atoms with van der Waals surface area (Å²) in [7, 11) is 1.78. The second-order valence-electron chi connectivity index (χ2n) is 6.72. The van der Waals surface area contributed by atoms with Gasteiger partial charge in [-0.05, 0) is 62.6 Å². The lowest BCUT2D eigenvalue weighted by atomic mass is 9.97. The van der Waals surface area contributed by atoms with Gasteiger partial charge in [0.25, 0.3) is 0 Å². The van der Waals surface area contributed by atoms with Crippen LogP contribution in [0.3, 0.4) is 0 Å². The number of aryl methyl sites for hydroxylation is 3. The van der Waals surface area contributed by atoms with Crippen molar-refractivity contribution >= 4 is 17.5 Å². The molecule has 0 spiro atoms. The molecular formula is C21H22FN3OS. The Morgan fingerprint density at radius 2 is 1.74 bits per heavy atom. The second kappa shape index (κ2) is 7.64. The molecule has 4 nitrogen and oxygen atoms in total. The summed E-state index contributed by atoms with van der Waals surface area (Å²) in [6, 6.07) is 10.4. The summed E-state index contributed by atoms with van der Waals surface area (Å²) in [4.78, 5) is 12.9. The lowest BCUT2D eigenvalue weighted by Gasteiger charge is -2.14. The van der Waals surface area contributed by atoms with Crippen LogP contribution in [0.2, 0.25) is 0 Å². The summed E-state index contributed by atoms with van der Waals surface area (Å²) < 4.78 is 15.8. The third kappa shape index (κ3) is 3.81. The van der Waals surface area contributed by atoms with Crippen LogP contribution in [0.4, 0.5) is 4.39 Å². The van der Waals surface area contributed by atoms with Crippen molar-refractivity contribution in [3.63, 3.8) is 0 Å². The molecule has 3 aromatic rings. The van der Waals surface area contributed by atoms with Crippen molar-refractivity contribution in [1.82, 2.24) is 14.8 Å². The van der Waals surface area contributed by atoms with E-state index < -0.39 is 0 Å². The maximum Gasteiger partial charge on any atom is 0.191 e. The summed E-state index contributed by atoms with van der Waals surface area (Å²) in [5.41, 5.74) is 4.37. The van der Waals surface area contributed by atoms with Crippen LogP contribution < -0.4 is 0 Å². The molecule has 0 aliphatic rings. The van der Waals surface area contributed by atoms with E-state index in [-0.39, 0.29) is 16.9 Å². The number of halogens is 1. The molecule has 2 aromatic carbocycles. The number of carbonyl (C=O) groups is 1. The van der Waals surface area contributed by atoms with Gasteiger partial charge in [0.05, 0.1) is 10.8 Å². The highest BCUT2D eigenvalue weighted by atomic mass is 32.2. The monoisotopic (exact) mass is 383 g/mol. The van der Waals surface area contributed by atoms with Gasteiger partial charge in [0.1, 0.15) is 5.82 Å². The van der Waals surface area contributed by atoms with Gasteiger partial charge in [-0.1, -0.05) is 30.0 Å². The molecule has 0 bridgehead atoms. The number of aromatic nitrogens is 3. The molecule has 0 fully saturated rings. The van der Waals surface area contributed by atoms with Gasteiger partial charge in [-0.3, -0.25) is 4.79 Å². The average Bonchev–Trinajstić information content (AvgIpc) is 2.98. The Hall–Kier alpha value is -2.47. The Labute approximate surface area is 162 Å². The Balaban J connectivity index is 1.85. The zero-order valence-corrected chi connectivity index (χ0v) is 16.9. The number of nitrogens with zero attached hydrogens (tertiary/aromatic N) is 3. The van der Waals surface area contributed by atoms with Crippen LogP contribution in [0.25, 0.3) is 11.4 Å². The zero-order chi connectivity index (χ0) is 19.7. The maximum absolute atomic E-state index is 14.0. The van der Waals surface area contributed by atoms with Crippen molar-refractivity contribution in [1.29, 1.82) is 0 Å². The van der Waals surface area contributed by atoms with E-state index in [2.05, 4.69) is 10.2 Å². The molecule has 27 heavy (non-hydrogen) atoms. The molecule has 0 amide bonds. The molecule has 0 aliphatic heterocycles. The third-order valence-corrected chi connectivity index (χ3v) is 5.84. The number of rotatable bonds is 5. The smallest absolute Gasteiger partial charge is 0.191 e. The van der Waals surface area contributed by atoms with Crippen LogP contribution in [-0.4, -0.2) is 25.8 Å². The van der Waals surface area contributed by atoms with Gasteiger partial charge in [-0.15, -0.1) is 10.2 Å². The zero-order valence-electron chi connectivity index (χ0n) is 16.1. The molecule has 3 rings (SSSR count). The van der Waals surface area contributed by atoms with Crippen molar-refractivity contribution in [3.05, 3.63) is 64.5 Å². The van der Waals surface area contributed by atoms with Crippen LogP contribution >= 0.6 is 11.8 Å². The molecular weight excluding hydrogens is 361 g/mol. The summed E-state index contributed by atoms with van der Waals surface area (Å²) in [5.74, 6) is 0.146. The number of ketones is 1. The van der Waals surface area contributed by atoms with E-state index in [1.807, 2.05) is 39.8 Å². The van der Waals surface area contributed by atoms with Gasteiger partial charge in [-0.2, -0.15) is 0 Å². The number of hydrogen-bond acceptors (Lipinski definition) is 4. The van der Waals surface area contributed by atoms with Gasteiger partial charge in [-0.25, -0.2) is 4.39 Å². The topological polar surface area (TPSA) is 47.8 Å². The first kappa shape index (κ1) is 19.3. The second-order valence-corrected chi connectivity index (χ2v) is 8.03. The fraction of sp³-hybridized carbons (Fsp3) is 0.286. The molecule has 140 valence electrons. The van der Waals surface area contributed by atoms with Crippen molar-refractivity contribution in [2.24, 2.45) is 7.05 Å². The Morgan fingerprint density at radius 3 is 2.44 bits per heavy atom. The first-order valence-corrected chi connectivity index (χ1v) is 9.60. The van der Waals surface area contributed by atoms with Crippen molar-refractivity contribution in [2.45, 2.75) is 38.1 Å². The van der Waals surface area contributed by atoms with Gasteiger partial charge in [0.15, 0.2) is 16.8 Å². The van der Waals surface area contributed by atoms with Crippen LogP contribution in [-0.2, 0) is 7.05 Å². The summed E-state index contributed by atoms with van der Waals surface area (Å²) in [6.45, 7) is 7.86. The number of hydrogen-bond donors (Lipinski definition) is 0. The fourth-order valence-corrected chi connectivity index (χ4v) is 3.83. The minimum Gasteiger partial charge on any atom is -0.305 e. The number of carbonyl (C=O) groups excluding carboxylic acids is 1. The molecule has 0 radical (unpaired) electrons. The first-order chi connectivity index (χ1) is 12.8. The van der Waals surface area contributed by atoms with E-state index in [9.17, 15) is 9.18 Å². The predicted molar refractivity (Wildman–Crippen MR) is 107 cm³/mol. The van der Waals surface area contributed by atoms with Crippen molar-refractivity contribution in [3.8, 4) is 11.4 Å². The Kier molecular flexibility index (Phi) is 5.46. The predicted octanol–water partition coefficient (Wildman–Crippen LogP) is 4.91. The lowest BCUT2D eigenvalue weighted by Crippen LogP contribution is -2.16. The molecule has 1 heterocycles. The molecule has 1 aromatic heterocycles. The van der Waals surface area contributed by atoms with Gasteiger partial charge < -0.3 is 4.57 Å². The molecule has 0 saturated heterocycles. The minimum atomic E-state index is -0.348. The largest absolute Gasteiger partial charge is 0.305 e. The normalized spacial score (nSPS) is 12.2. The van der Waals surface area contributed by atoms with E-state index in [0.29, 0.717) is 16.5 Å². The highest BCUT2D eigenvalue weighted by Gasteiger charge is 2.22. The highest BCUT2D eigenvalue weighted by molar-refractivity contribution is 8.00. The fourth-order valence-electron chi connectivity index (χ4n) is 2.95. The molecule has 0 aliphatic carbocycles. The molecule has 0 N–H and O–H groups in total. The standard InChI is InChI=1S/C21H22FN3OS/c1-12-10-14(3)17(11-13(12)2)19(26)15(4)27-21-24-23-20(25(21)5)16-8-6-7-9-18(16)22/h6-11,15H,1-5H3. The van der Waals surface area contributed by atoms with Crippen LogP contribution in [0.1, 0.15) is 34.0 Å². The average molecular weight is 383 g/mol. The highest BCUT2D eigenvalue weighted by Crippen LogP contribution is 2.29. The van der Waals surface area contributed by atoms with Crippen LogP contribution in [0, 0.1) is 26.6 Å². The van der Waals surface area contributed by atoms with E-state index in [1.165, 1.54) is 23.4 Å². The van der Waals surface area contributed by atoms with Gasteiger partial charge in [0, 0.05) is 12.6 Å². The lowest BCUT2D eigenvalue weighted by molar-refractivity contribution is 0.0993. The summed E-state index contributed by atoms with van der Waals surface area (Å²) in [6.07, 6.45) is 0. The minimum absolute atomic E-state index is 0.0519. The molecule has 1 atom stereocenters. The van der Waals surface area contributed by atoms with Crippen molar-refractivity contribution < 1.29 is 9.18 Å². The SMILES string of the molecule is Cc1cc(C)c(C(=O)C(C)Sc2nnc(-c3ccccc3F)n2C)cc1C. The first-order valence-electron chi connectivity index (χ1n) is 8.72. The maximum atomic E-state index is 14.0. The van der Waals surface area contributed by atoms with Crippen LogP contribution in [0.15, 0.2) is 41.6 Å². The Bertz CT molecular complexity index is 1010.